The second-order valence-electron chi connectivity index (χ2n) is 4.55. The molecule has 0 saturated carbocycles. The molecule has 0 aromatic carbocycles. The molecule has 0 bridgehead atoms. The Morgan fingerprint density at radius 3 is 2.80 bits per heavy atom. The van der Waals surface area contributed by atoms with Crippen LogP contribution in [0, 0.1) is 21.4 Å². The minimum absolute atomic E-state index is 0.120. The fourth-order valence-corrected chi connectivity index (χ4v) is 2.35. The van der Waals surface area contributed by atoms with Gasteiger partial charge in [-0.05, 0) is 13.8 Å². The Morgan fingerprint density at radius 2 is 2.25 bits per heavy atom. The van der Waals surface area contributed by atoms with Gasteiger partial charge in [-0.25, -0.2) is 9.97 Å². The molecule has 102 valence electrons. The lowest BCUT2D eigenvalue weighted by atomic mass is 10.1. The minimum Gasteiger partial charge on any atom is -0.353 e. The van der Waals surface area contributed by atoms with E-state index >= 15 is 0 Å². The summed E-state index contributed by atoms with van der Waals surface area (Å²) in [6, 6.07) is 3.04. The molecule has 0 aliphatic heterocycles. The van der Waals surface area contributed by atoms with Crippen LogP contribution in [0.15, 0.2) is 23.8 Å². The summed E-state index contributed by atoms with van der Waals surface area (Å²) < 4.78 is 0. The molecule has 1 N–H and O–H groups in total. The topological polar surface area (TPSA) is 105 Å². The molecule has 0 spiro atoms. The van der Waals surface area contributed by atoms with Gasteiger partial charge in [-0.3, -0.25) is 10.1 Å². The summed E-state index contributed by atoms with van der Waals surface area (Å²) in [5.41, 5.74) is -0.678. The third-order valence-electron chi connectivity index (χ3n) is 2.59. The number of nitrogens with zero attached hydrogens (tertiary/aromatic N) is 4. The number of rotatable bonds is 4. The lowest BCUT2D eigenvalue weighted by Gasteiger charge is -2.24. The van der Waals surface area contributed by atoms with E-state index in [9.17, 15) is 10.1 Å². The first-order chi connectivity index (χ1) is 9.44. The molecule has 20 heavy (non-hydrogen) atoms. The van der Waals surface area contributed by atoms with Gasteiger partial charge in [0.1, 0.15) is 11.1 Å². The minimum atomic E-state index is -0.597. The van der Waals surface area contributed by atoms with Gasteiger partial charge in [-0.2, -0.15) is 5.26 Å². The van der Waals surface area contributed by atoms with Crippen LogP contribution < -0.4 is 5.32 Å². The van der Waals surface area contributed by atoms with E-state index in [0.717, 1.165) is 5.01 Å². The number of anilines is 1. The predicted molar refractivity (Wildman–Crippen MR) is 74.4 cm³/mol. The summed E-state index contributed by atoms with van der Waals surface area (Å²) >= 11 is 1.45. The van der Waals surface area contributed by atoms with Crippen LogP contribution in [-0.2, 0) is 5.54 Å². The summed E-state index contributed by atoms with van der Waals surface area (Å²) in [4.78, 5) is 18.7. The molecule has 0 amide bonds. The maximum Gasteiger partial charge on any atom is 0.312 e. The summed E-state index contributed by atoms with van der Waals surface area (Å²) in [5.74, 6) is 0.120. The molecular weight excluding hydrogens is 278 g/mol. The zero-order chi connectivity index (χ0) is 14.8. The molecule has 0 atom stereocenters. The van der Waals surface area contributed by atoms with Crippen molar-refractivity contribution in [3.63, 3.8) is 0 Å². The van der Waals surface area contributed by atoms with Crippen molar-refractivity contribution in [2.24, 2.45) is 0 Å². The van der Waals surface area contributed by atoms with E-state index in [1.54, 1.807) is 6.20 Å². The molecular formula is C12H11N5O2S. The van der Waals surface area contributed by atoms with Crippen LogP contribution in [0.1, 0.15) is 24.4 Å². The molecule has 0 aliphatic rings. The number of hydrogen-bond acceptors (Lipinski definition) is 7. The van der Waals surface area contributed by atoms with Crippen LogP contribution in [0.5, 0.6) is 0 Å². The van der Waals surface area contributed by atoms with Crippen LogP contribution in [-0.4, -0.2) is 14.9 Å². The van der Waals surface area contributed by atoms with Crippen molar-refractivity contribution in [2.75, 3.05) is 5.32 Å². The van der Waals surface area contributed by atoms with Crippen molar-refractivity contribution in [1.29, 1.82) is 5.26 Å². The smallest absolute Gasteiger partial charge is 0.312 e. The Kier molecular flexibility index (Phi) is 3.63. The van der Waals surface area contributed by atoms with Gasteiger partial charge in [0.15, 0.2) is 0 Å². The van der Waals surface area contributed by atoms with Crippen molar-refractivity contribution in [2.45, 2.75) is 19.4 Å². The van der Waals surface area contributed by atoms with Crippen LogP contribution in [0.3, 0.4) is 0 Å². The quantitative estimate of drug-likeness (QED) is 0.685. The van der Waals surface area contributed by atoms with Gasteiger partial charge in [-0.15, -0.1) is 11.3 Å². The molecule has 0 aliphatic carbocycles. The molecule has 7 nitrogen and oxygen atoms in total. The number of aromatic nitrogens is 2. The average Bonchev–Trinajstić information content (AvgIpc) is 2.93. The first-order valence-electron chi connectivity index (χ1n) is 5.67. The third kappa shape index (κ3) is 2.73. The number of nitrogens with one attached hydrogen (secondary N) is 1. The summed E-state index contributed by atoms with van der Waals surface area (Å²) in [7, 11) is 0. The lowest BCUT2D eigenvalue weighted by Crippen LogP contribution is -2.28. The van der Waals surface area contributed by atoms with E-state index in [0.29, 0.717) is 0 Å². The van der Waals surface area contributed by atoms with Gasteiger partial charge < -0.3 is 5.32 Å². The zero-order valence-electron chi connectivity index (χ0n) is 10.8. The van der Waals surface area contributed by atoms with Gasteiger partial charge in [-0.1, -0.05) is 0 Å². The van der Waals surface area contributed by atoms with Gasteiger partial charge >= 0.3 is 5.69 Å². The molecule has 2 aromatic rings. The molecule has 8 heteroatoms. The molecule has 0 fully saturated rings. The molecule has 2 aromatic heterocycles. The first kappa shape index (κ1) is 13.9. The average molecular weight is 289 g/mol. The number of pyridine rings is 1. The lowest BCUT2D eigenvalue weighted by molar-refractivity contribution is -0.384. The Labute approximate surface area is 119 Å². The molecule has 0 unspecified atom stereocenters. The van der Waals surface area contributed by atoms with Crippen LogP contribution in [0.2, 0.25) is 0 Å². The Morgan fingerprint density at radius 1 is 1.50 bits per heavy atom. The molecule has 0 radical (unpaired) electrons. The number of nitriles is 1. The third-order valence-corrected chi connectivity index (χ3v) is 3.69. The summed E-state index contributed by atoms with van der Waals surface area (Å²) in [5, 5.41) is 25.5. The fourth-order valence-electron chi connectivity index (χ4n) is 1.63. The highest BCUT2D eigenvalue weighted by molar-refractivity contribution is 7.09. The molecule has 2 rings (SSSR count). The second kappa shape index (κ2) is 5.22. The highest BCUT2D eigenvalue weighted by atomic mass is 32.1. The highest BCUT2D eigenvalue weighted by Crippen LogP contribution is 2.31. The SMILES string of the molecule is CC(C)(Nc1ncc(C#N)cc1[N+](=O)[O-])c1nccs1. The Balaban J connectivity index is 2.39. The first-order valence-corrected chi connectivity index (χ1v) is 6.54. The van der Waals surface area contributed by atoms with Crippen LogP contribution >= 0.6 is 11.3 Å². The summed E-state index contributed by atoms with van der Waals surface area (Å²) in [6.07, 6.45) is 2.97. The largest absolute Gasteiger partial charge is 0.353 e. The van der Waals surface area contributed by atoms with E-state index < -0.39 is 10.5 Å². The monoisotopic (exact) mass is 289 g/mol. The van der Waals surface area contributed by atoms with E-state index in [1.807, 2.05) is 25.3 Å². The Hall–Kier alpha value is -2.53. The predicted octanol–water partition coefficient (Wildman–Crippen LogP) is 2.67. The maximum atomic E-state index is 11.1. The molecule has 2 heterocycles. The Bertz CT molecular complexity index is 676. The molecule has 0 saturated heterocycles. The normalized spacial score (nSPS) is 10.8. The van der Waals surface area contributed by atoms with Crippen molar-refractivity contribution < 1.29 is 4.92 Å². The number of thiazole rings is 1. The standard InChI is InChI=1S/C12H11N5O2S/c1-12(2,11-14-3-4-20-11)16-10-9(17(18)19)5-8(6-13)7-15-10/h3-5,7H,1-2H3,(H,15,16). The zero-order valence-corrected chi connectivity index (χ0v) is 11.6. The van der Waals surface area contributed by atoms with Crippen molar-refractivity contribution in [3.05, 3.63) is 44.5 Å². The van der Waals surface area contributed by atoms with E-state index in [4.69, 9.17) is 5.26 Å². The number of nitro groups is 1. The highest BCUT2D eigenvalue weighted by Gasteiger charge is 2.27. The summed E-state index contributed by atoms with van der Waals surface area (Å²) in [6.45, 7) is 3.71. The van der Waals surface area contributed by atoms with Crippen molar-refractivity contribution in [3.8, 4) is 6.07 Å². The van der Waals surface area contributed by atoms with Crippen molar-refractivity contribution in [1.82, 2.24) is 9.97 Å². The van der Waals surface area contributed by atoms with E-state index in [-0.39, 0.29) is 17.1 Å². The van der Waals surface area contributed by atoms with E-state index in [2.05, 4.69) is 15.3 Å². The second-order valence-corrected chi connectivity index (χ2v) is 5.44. The van der Waals surface area contributed by atoms with Crippen LogP contribution in [0.25, 0.3) is 0 Å². The van der Waals surface area contributed by atoms with Gasteiger partial charge in [0.2, 0.25) is 5.82 Å². The fraction of sp³-hybridized carbons (Fsp3) is 0.250. The maximum absolute atomic E-state index is 11.1. The van der Waals surface area contributed by atoms with E-state index in [1.165, 1.54) is 23.6 Å². The number of hydrogen-bond donors (Lipinski definition) is 1. The van der Waals surface area contributed by atoms with Crippen molar-refractivity contribution >= 4 is 22.8 Å². The van der Waals surface area contributed by atoms with Gasteiger partial charge in [0.05, 0.1) is 16.0 Å². The van der Waals surface area contributed by atoms with Crippen LogP contribution in [0.4, 0.5) is 11.5 Å². The van der Waals surface area contributed by atoms with Gasteiger partial charge in [0, 0.05) is 23.8 Å². The van der Waals surface area contributed by atoms with Gasteiger partial charge in [0.25, 0.3) is 0 Å².